The molecule has 0 saturated carbocycles. The molecule has 0 bridgehead atoms. The highest BCUT2D eigenvalue weighted by molar-refractivity contribution is 7.89. The number of hydrogen-bond acceptors (Lipinski definition) is 5. The topological polar surface area (TPSA) is 73.6 Å². The molecule has 3 rings (SSSR count). The van der Waals surface area contributed by atoms with Gasteiger partial charge in [0.1, 0.15) is 0 Å². The van der Waals surface area contributed by atoms with Gasteiger partial charge in [0.25, 0.3) is 0 Å². The summed E-state index contributed by atoms with van der Waals surface area (Å²) in [4.78, 5) is 1.93. The first kappa shape index (κ1) is 24.0. The van der Waals surface area contributed by atoms with E-state index < -0.39 is 33.4 Å². The first-order valence-corrected chi connectivity index (χ1v) is 11.4. The molecular weight excluding hydrogens is 443 g/mol. The van der Waals surface area contributed by atoms with Crippen molar-refractivity contribution in [3.63, 3.8) is 0 Å². The molecule has 1 saturated heterocycles. The van der Waals surface area contributed by atoms with Crippen molar-refractivity contribution in [3.05, 3.63) is 58.7 Å². The summed E-state index contributed by atoms with van der Waals surface area (Å²) in [5.41, 5.74) is 0.240. The summed E-state index contributed by atoms with van der Waals surface area (Å²) in [6, 6.07) is 9.82. The average molecular weight is 468 g/mol. The number of aryl methyl sites for hydroxylation is 2. The molecule has 2 aromatic rings. The number of alkyl halides is 3. The van der Waals surface area contributed by atoms with E-state index in [2.05, 4.69) is 0 Å². The maximum atomic E-state index is 13.4. The lowest BCUT2D eigenvalue weighted by atomic mass is 10.0. The highest BCUT2D eigenvalue weighted by atomic mass is 32.2. The molecule has 0 aliphatic carbocycles. The third-order valence-corrected chi connectivity index (χ3v) is 7.53. The first-order chi connectivity index (χ1) is 15.0. The number of halogens is 3. The normalized spacial score (nSPS) is 17.9. The Morgan fingerprint density at radius 1 is 1.16 bits per heavy atom. The van der Waals surface area contributed by atoms with Gasteiger partial charge in [0.2, 0.25) is 10.0 Å². The van der Waals surface area contributed by atoms with Crippen molar-refractivity contribution in [1.29, 1.82) is 5.26 Å². The number of methoxy groups -OCH3 is 1. The molecule has 2 aromatic carbocycles. The fourth-order valence-electron chi connectivity index (χ4n) is 3.89. The van der Waals surface area contributed by atoms with Gasteiger partial charge < -0.3 is 9.64 Å². The van der Waals surface area contributed by atoms with Crippen molar-refractivity contribution < 1.29 is 26.3 Å². The van der Waals surface area contributed by atoms with Gasteiger partial charge in [-0.15, -0.1) is 0 Å². The number of nitrogens with zero attached hydrogens (tertiary/aromatic N) is 3. The number of hydrogen-bond donors (Lipinski definition) is 0. The summed E-state index contributed by atoms with van der Waals surface area (Å²) in [5.74, 6) is 0. The quantitative estimate of drug-likeness (QED) is 0.670. The Morgan fingerprint density at radius 2 is 1.88 bits per heavy atom. The van der Waals surface area contributed by atoms with Gasteiger partial charge in [-0.3, -0.25) is 0 Å². The largest absolute Gasteiger partial charge is 0.417 e. The first-order valence-electron chi connectivity index (χ1n) is 9.93. The van der Waals surface area contributed by atoms with E-state index in [1.165, 1.54) is 17.5 Å². The van der Waals surface area contributed by atoms with Crippen molar-refractivity contribution >= 4 is 15.7 Å². The molecule has 1 fully saturated rings. The molecule has 1 unspecified atom stereocenters. The maximum absolute atomic E-state index is 13.4. The van der Waals surface area contributed by atoms with Gasteiger partial charge in [-0.1, -0.05) is 12.1 Å². The van der Waals surface area contributed by atoms with Gasteiger partial charge in [0.05, 0.1) is 34.7 Å². The lowest BCUT2D eigenvalue weighted by Gasteiger charge is -2.42. The standard InChI is InChI=1S/C22H24F3N3O3S/c1-15-4-5-16(2)21(10-15)32(29,30)27-8-9-28(19(13-27)14-31-3)18-7-6-17(12-26)20(11-18)22(23,24)25/h4-7,10-11,19H,8-9,13-14H2,1-3H3. The SMILES string of the molecule is COCC1CN(S(=O)(=O)c2cc(C)ccc2C)CCN1c1ccc(C#N)c(C(F)(F)F)c1. The summed E-state index contributed by atoms with van der Waals surface area (Å²) in [7, 11) is -2.33. The Bertz CT molecular complexity index is 1140. The van der Waals surface area contributed by atoms with Crippen LogP contribution in [0.15, 0.2) is 41.3 Å². The molecule has 1 aliphatic heterocycles. The van der Waals surface area contributed by atoms with E-state index >= 15 is 0 Å². The van der Waals surface area contributed by atoms with Crippen LogP contribution >= 0.6 is 0 Å². The zero-order valence-electron chi connectivity index (χ0n) is 18.0. The van der Waals surface area contributed by atoms with Crippen LogP contribution in [0.3, 0.4) is 0 Å². The lowest BCUT2D eigenvalue weighted by Crippen LogP contribution is -2.56. The average Bonchev–Trinajstić information content (AvgIpc) is 2.74. The van der Waals surface area contributed by atoms with E-state index in [0.717, 1.165) is 17.7 Å². The van der Waals surface area contributed by atoms with E-state index in [0.29, 0.717) is 5.56 Å². The van der Waals surface area contributed by atoms with Gasteiger partial charge in [-0.2, -0.15) is 22.7 Å². The maximum Gasteiger partial charge on any atom is 0.417 e. The highest BCUT2D eigenvalue weighted by Gasteiger charge is 2.37. The van der Waals surface area contributed by atoms with Crippen LogP contribution in [0.1, 0.15) is 22.3 Å². The van der Waals surface area contributed by atoms with Gasteiger partial charge >= 0.3 is 6.18 Å². The van der Waals surface area contributed by atoms with Gasteiger partial charge in [-0.05, 0) is 49.2 Å². The minimum Gasteiger partial charge on any atom is -0.383 e. The van der Waals surface area contributed by atoms with Crippen LogP contribution in [0.5, 0.6) is 0 Å². The van der Waals surface area contributed by atoms with E-state index in [1.807, 2.05) is 13.0 Å². The number of benzene rings is 2. The molecule has 10 heteroatoms. The van der Waals surface area contributed by atoms with E-state index in [4.69, 9.17) is 10.00 Å². The molecule has 0 radical (unpaired) electrons. The van der Waals surface area contributed by atoms with Crippen molar-refractivity contribution in [2.24, 2.45) is 0 Å². The van der Waals surface area contributed by atoms with Crippen LogP contribution in [-0.2, 0) is 20.9 Å². The molecular formula is C22H24F3N3O3S. The fraction of sp³-hybridized carbons (Fsp3) is 0.409. The molecule has 1 atom stereocenters. The number of anilines is 1. The molecule has 0 aromatic heterocycles. The van der Waals surface area contributed by atoms with E-state index in [1.54, 1.807) is 30.0 Å². The van der Waals surface area contributed by atoms with Crippen molar-refractivity contribution in [3.8, 4) is 6.07 Å². The van der Waals surface area contributed by atoms with Crippen molar-refractivity contribution in [2.45, 2.75) is 31.0 Å². The number of ether oxygens (including phenoxy) is 1. The van der Waals surface area contributed by atoms with Gasteiger partial charge in [-0.25, -0.2) is 8.42 Å². The second-order valence-corrected chi connectivity index (χ2v) is 9.68. The number of rotatable bonds is 5. The van der Waals surface area contributed by atoms with Crippen LogP contribution in [0.25, 0.3) is 0 Å². The second-order valence-electron chi connectivity index (χ2n) is 7.77. The lowest BCUT2D eigenvalue weighted by molar-refractivity contribution is -0.137. The van der Waals surface area contributed by atoms with Crippen LogP contribution in [-0.4, -0.2) is 52.1 Å². The molecule has 172 valence electrons. The molecule has 32 heavy (non-hydrogen) atoms. The van der Waals surface area contributed by atoms with E-state index in [9.17, 15) is 21.6 Å². The summed E-state index contributed by atoms with van der Waals surface area (Å²) >= 11 is 0. The fourth-order valence-corrected chi connectivity index (χ4v) is 5.67. The molecule has 0 amide bonds. The summed E-state index contributed by atoms with van der Waals surface area (Å²) in [5, 5.41) is 9.04. The molecule has 1 aliphatic rings. The molecule has 6 nitrogen and oxygen atoms in total. The van der Waals surface area contributed by atoms with E-state index in [-0.39, 0.29) is 36.8 Å². The van der Waals surface area contributed by atoms with Crippen LogP contribution in [0, 0.1) is 25.2 Å². The number of sulfonamides is 1. The Balaban J connectivity index is 1.94. The Hall–Kier alpha value is -2.61. The minimum absolute atomic E-state index is 0.0604. The van der Waals surface area contributed by atoms with Crippen LogP contribution in [0.4, 0.5) is 18.9 Å². The Labute approximate surface area is 185 Å². The summed E-state index contributed by atoms with van der Waals surface area (Å²) < 4.78 is 73.5. The Morgan fingerprint density at radius 3 is 2.50 bits per heavy atom. The summed E-state index contributed by atoms with van der Waals surface area (Å²) in [6.07, 6.45) is -4.67. The molecule has 0 spiro atoms. The third kappa shape index (κ3) is 4.75. The van der Waals surface area contributed by atoms with Crippen molar-refractivity contribution in [2.75, 3.05) is 38.3 Å². The van der Waals surface area contributed by atoms with Gasteiger partial charge in [0.15, 0.2) is 0 Å². The number of nitriles is 1. The monoisotopic (exact) mass is 467 g/mol. The van der Waals surface area contributed by atoms with Gasteiger partial charge in [0, 0.05) is 32.4 Å². The number of piperazine rings is 1. The second kappa shape index (κ2) is 9.10. The predicted molar refractivity (Wildman–Crippen MR) is 114 cm³/mol. The zero-order valence-corrected chi connectivity index (χ0v) is 18.8. The highest BCUT2D eigenvalue weighted by Crippen LogP contribution is 2.35. The smallest absolute Gasteiger partial charge is 0.383 e. The third-order valence-electron chi connectivity index (χ3n) is 5.53. The van der Waals surface area contributed by atoms with Crippen molar-refractivity contribution in [1.82, 2.24) is 4.31 Å². The predicted octanol–water partition coefficient (Wildman–Crippen LogP) is 3.72. The summed E-state index contributed by atoms with van der Waals surface area (Å²) in [6.45, 7) is 4.02. The Kier molecular flexibility index (Phi) is 6.83. The van der Waals surface area contributed by atoms with Crippen LogP contribution in [0.2, 0.25) is 0 Å². The van der Waals surface area contributed by atoms with Crippen LogP contribution < -0.4 is 4.90 Å². The zero-order chi connectivity index (χ0) is 23.7. The molecule has 0 N–H and O–H groups in total. The minimum atomic E-state index is -4.67. The molecule has 1 heterocycles.